The Morgan fingerprint density at radius 3 is 2.40 bits per heavy atom. The van der Waals surface area contributed by atoms with Gasteiger partial charge in [0.05, 0.1) is 17.9 Å². The van der Waals surface area contributed by atoms with Crippen LogP contribution in [0, 0.1) is 29.1 Å². The van der Waals surface area contributed by atoms with Crippen LogP contribution >= 0.6 is 24.0 Å². The summed E-state index contributed by atoms with van der Waals surface area (Å²) in [4.78, 5) is 31.4. The first kappa shape index (κ1) is 22.0. The summed E-state index contributed by atoms with van der Waals surface area (Å²) in [6, 6.07) is 0.384. The Kier molecular flexibility index (Phi) is 6.18. The van der Waals surface area contributed by atoms with Gasteiger partial charge in [0, 0.05) is 38.2 Å². The van der Waals surface area contributed by atoms with Gasteiger partial charge in [-0.1, -0.05) is 18.6 Å². The number of carbonyl (C=O) groups is 2. The molecule has 2 bridgehead atoms. The Hall–Kier alpha value is -1.16. The molecule has 2 amide bonds. The van der Waals surface area contributed by atoms with Crippen LogP contribution in [0.5, 0.6) is 0 Å². The van der Waals surface area contributed by atoms with E-state index >= 15 is 0 Å². The largest absolute Gasteiger partial charge is 0.378 e. The highest BCUT2D eigenvalue weighted by molar-refractivity contribution is 14.0. The summed E-state index contributed by atoms with van der Waals surface area (Å²) in [6.45, 7) is 3.75. The van der Waals surface area contributed by atoms with Gasteiger partial charge in [0.1, 0.15) is 0 Å². The number of ether oxygens (including phenoxy) is 1. The SMILES string of the molecule is CCOC1CC(NC(=NC)NCCN2C(=O)C3C4C=CC(C4)C3C2=O)C12CCC2.I. The minimum Gasteiger partial charge on any atom is -0.378 e. The third kappa shape index (κ3) is 3.20. The minimum absolute atomic E-state index is 0. The monoisotopic (exact) mass is 528 g/mol. The summed E-state index contributed by atoms with van der Waals surface area (Å²) >= 11 is 0. The number of guanidine groups is 1. The maximum absolute atomic E-state index is 12.8. The summed E-state index contributed by atoms with van der Waals surface area (Å²) in [6.07, 6.45) is 10.3. The van der Waals surface area contributed by atoms with E-state index in [1.807, 2.05) is 0 Å². The number of hydrogen-bond acceptors (Lipinski definition) is 4. The van der Waals surface area contributed by atoms with Crippen molar-refractivity contribution in [3.63, 3.8) is 0 Å². The Labute approximate surface area is 195 Å². The summed E-state index contributed by atoms with van der Waals surface area (Å²) in [5, 5.41) is 6.87. The number of allylic oxidation sites excluding steroid dienone is 2. The predicted octanol–water partition coefficient (Wildman–Crippen LogP) is 1.92. The summed E-state index contributed by atoms with van der Waals surface area (Å²) in [5.74, 6) is 1.10. The molecular weight excluding hydrogens is 495 g/mol. The number of imide groups is 1. The quantitative estimate of drug-likeness (QED) is 0.181. The standard InChI is InChI=1S/C22H32N4O3.HI/c1-3-29-16-12-15(22(16)7-4-8-22)25-21(23-2)24-9-10-26-19(27)17-13-5-6-14(11-13)18(17)20(26)28;/h5-6,13-18H,3-4,7-12H2,1-2H3,(H2,23,24,25);1H. The molecule has 4 fully saturated rings. The molecular formula is C22H33IN4O3. The predicted molar refractivity (Wildman–Crippen MR) is 124 cm³/mol. The first-order valence-corrected chi connectivity index (χ1v) is 11.2. The highest BCUT2D eigenvalue weighted by atomic mass is 127. The molecule has 30 heavy (non-hydrogen) atoms. The molecule has 6 unspecified atom stereocenters. The maximum Gasteiger partial charge on any atom is 0.233 e. The summed E-state index contributed by atoms with van der Waals surface area (Å²) in [5.41, 5.74) is 0.262. The number of nitrogens with zero attached hydrogens (tertiary/aromatic N) is 2. The van der Waals surface area contributed by atoms with Gasteiger partial charge in [-0.25, -0.2) is 0 Å². The van der Waals surface area contributed by atoms with Crippen LogP contribution in [0.15, 0.2) is 17.1 Å². The zero-order valence-corrected chi connectivity index (χ0v) is 20.1. The van der Waals surface area contributed by atoms with Crippen molar-refractivity contribution in [2.75, 3.05) is 26.7 Å². The third-order valence-corrected chi connectivity index (χ3v) is 8.16. The maximum atomic E-state index is 12.8. The van der Waals surface area contributed by atoms with Crippen LogP contribution in [0.1, 0.15) is 39.0 Å². The van der Waals surface area contributed by atoms with E-state index in [0.717, 1.165) is 25.4 Å². The van der Waals surface area contributed by atoms with Crippen LogP contribution < -0.4 is 10.6 Å². The van der Waals surface area contributed by atoms with Gasteiger partial charge in [0.15, 0.2) is 5.96 Å². The van der Waals surface area contributed by atoms with E-state index < -0.39 is 0 Å². The molecule has 4 aliphatic carbocycles. The van der Waals surface area contributed by atoms with Crippen molar-refractivity contribution < 1.29 is 14.3 Å². The van der Waals surface area contributed by atoms with E-state index in [0.29, 0.717) is 25.2 Å². The Morgan fingerprint density at radius 2 is 1.87 bits per heavy atom. The van der Waals surface area contributed by atoms with Crippen LogP contribution in [0.3, 0.4) is 0 Å². The molecule has 1 aliphatic heterocycles. The molecule has 7 nitrogen and oxygen atoms in total. The number of nitrogens with one attached hydrogen (secondary N) is 2. The molecule has 166 valence electrons. The molecule has 5 aliphatic rings. The van der Waals surface area contributed by atoms with Gasteiger partial charge < -0.3 is 15.4 Å². The number of amides is 2. The van der Waals surface area contributed by atoms with Gasteiger partial charge in [-0.3, -0.25) is 19.5 Å². The Balaban J connectivity index is 0.00000218. The molecule has 1 spiro atoms. The van der Waals surface area contributed by atoms with Gasteiger partial charge in [-0.2, -0.15) is 0 Å². The highest BCUT2D eigenvalue weighted by Crippen LogP contribution is 2.57. The lowest BCUT2D eigenvalue weighted by atomic mass is 9.51. The van der Waals surface area contributed by atoms with Gasteiger partial charge in [0.25, 0.3) is 0 Å². The van der Waals surface area contributed by atoms with E-state index in [4.69, 9.17) is 4.74 Å². The van der Waals surface area contributed by atoms with Crippen LogP contribution in [0.2, 0.25) is 0 Å². The van der Waals surface area contributed by atoms with Crippen molar-refractivity contribution in [2.24, 2.45) is 34.1 Å². The molecule has 2 N–H and O–H groups in total. The summed E-state index contributed by atoms with van der Waals surface area (Å²) < 4.78 is 5.92. The first-order valence-electron chi connectivity index (χ1n) is 11.2. The minimum atomic E-state index is -0.112. The zero-order valence-electron chi connectivity index (χ0n) is 17.8. The number of likely N-dealkylation sites (tertiary alicyclic amines) is 1. The molecule has 3 saturated carbocycles. The number of carbonyl (C=O) groups excluding carboxylic acids is 2. The lowest BCUT2D eigenvalue weighted by Crippen LogP contribution is -2.68. The van der Waals surface area contributed by atoms with Crippen LogP contribution in [0.4, 0.5) is 0 Å². The number of hydrogen-bond donors (Lipinski definition) is 2. The number of aliphatic imine (C=N–C) groups is 1. The van der Waals surface area contributed by atoms with Crippen molar-refractivity contribution in [3.8, 4) is 0 Å². The average molecular weight is 528 g/mol. The Bertz CT molecular complexity index is 735. The van der Waals surface area contributed by atoms with Crippen molar-refractivity contribution in [1.82, 2.24) is 15.5 Å². The fraction of sp³-hybridized carbons (Fsp3) is 0.773. The third-order valence-electron chi connectivity index (χ3n) is 8.16. The second-order valence-electron chi connectivity index (χ2n) is 9.29. The van der Waals surface area contributed by atoms with Crippen molar-refractivity contribution in [1.29, 1.82) is 0 Å². The highest BCUT2D eigenvalue weighted by Gasteiger charge is 2.60. The second-order valence-corrected chi connectivity index (χ2v) is 9.29. The smallest absolute Gasteiger partial charge is 0.233 e. The van der Waals surface area contributed by atoms with Gasteiger partial charge in [0.2, 0.25) is 11.8 Å². The normalized spacial score (nSPS) is 37.7. The molecule has 0 aromatic rings. The number of fused-ring (bicyclic) bond motifs is 5. The van der Waals surface area contributed by atoms with Gasteiger partial charge in [-0.15, -0.1) is 24.0 Å². The van der Waals surface area contributed by atoms with E-state index in [1.54, 1.807) is 7.05 Å². The molecule has 1 saturated heterocycles. The lowest BCUT2D eigenvalue weighted by Gasteiger charge is -2.61. The number of rotatable bonds is 6. The van der Waals surface area contributed by atoms with E-state index in [-0.39, 0.29) is 64.9 Å². The fourth-order valence-electron chi connectivity index (χ4n) is 6.47. The van der Waals surface area contributed by atoms with E-state index in [1.165, 1.54) is 24.2 Å². The summed E-state index contributed by atoms with van der Waals surface area (Å²) in [7, 11) is 1.77. The van der Waals surface area contributed by atoms with Gasteiger partial charge in [-0.05, 0) is 44.4 Å². The van der Waals surface area contributed by atoms with E-state index in [2.05, 4.69) is 34.7 Å². The lowest BCUT2D eigenvalue weighted by molar-refractivity contribution is -0.168. The molecule has 5 rings (SSSR count). The van der Waals surface area contributed by atoms with Crippen LogP contribution in [0.25, 0.3) is 0 Å². The van der Waals surface area contributed by atoms with Crippen molar-refractivity contribution in [3.05, 3.63) is 12.2 Å². The van der Waals surface area contributed by atoms with Crippen LogP contribution in [-0.2, 0) is 14.3 Å². The zero-order chi connectivity index (χ0) is 20.2. The molecule has 0 radical (unpaired) electrons. The van der Waals surface area contributed by atoms with Gasteiger partial charge >= 0.3 is 0 Å². The fourth-order valence-corrected chi connectivity index (χ4v) is 6.47. The Morgan fingerprint density at radius 1 is 1.20 bits per heavy atom. The van der Waals surface area contributed by atoms with Crippen molar-refractivity contribution in [2.45, 2.75) is 51.2 Å². The molecule has 0 aromatic carbocycles. The number of halogens is 1. The van der Waals surface area contributed by atoms with E-state index in [9.17, 15) is 9.59 Å². The topological polar surface area (TPSA) is 83.0 Å². The average Bonchev–Trinajstić information content (AvgIpc) is 3.33. The first-order chi connectivity index (χ1) is 14.1. The van der Waals surface area contributed by atoms with Crippen molar-refractivity contribution >= 4 is 41.8 Å². The molecule has 6 atom stereocenters. The van der Waals surface area contributed by atoms with Crippen LogP contribution in [-0.4, -0.2) is 61.6 Å². The molecule has 1 heterocycles. The second kappa shape index (κ2) is 8.41. The molecule has 0 aromatic heterocycles. The molecule has 8 heteroatoms.